The number of oxazole rings is 1. The molecule has 0 aliphatic rings. The number of hydrogen-bond donors (Lipinski definition) is 2. The molecule has 0 saturated carbocycles. The van der Waals surface area contributed by atoms with Crippen LogP contribution < -0.4 is 11.1 Å². The minimum Gasteiger partial charge on any atom is -0.444 e. The predicted molar refractivity (Wildman–Crippen MR) is 67.4 cm³/mol. The second kappa shape index (κ2) is 4.70. The van der Waals surface area contributed by atoms with Gasteiger partial charge in [0.15, 0.2) is 0 Å². The van der Waals surface area contributed by atoms with E-state index in [1.165, 1.54) is 6.33 Å². The molecule has 0 aliphatic heterocycles. The van der Waals surface area contributed by atoms with Crippen LogP contribution in [0.25, 0.3) is 0 Å². The Morgan fingerprint density at radius 3 is 2.82 bits per heavy atom. The Labute approximate surface area is 107 Å². The molecule has 2 aromatic rings. The first-order valence-electron chi connectivity index (χ1n) is 5.02. The van der Waals surface area contributed by atoms with E-state index in [-0.39, 0.29) is 6.04 Å². The van der Waals surface area contributed by atoms with Crippen LogP contribution in [0.15, 0.2) is 21.4 Å². The van der Waals surface area contributed by atoms with Crippen molar-refractivity contribution >= 4 is 27.6 Å². The molecule has 6 nitrogen and oxygen atoms in total. The van der Waals surface area contributed by atoms with Gasteiger partial charge in [-0.2, -0.15) is 0 Å². The third-order valence-electron chi connectivity index (χ3n) is 2.18. The van der Waals surface area contributed by atoms with Crippen LogP contribution in [-0.2, 0) is 0 Å². The number of aryl methyl sites for hydroxylation is 1. The molecule has 2 heterocycles. The molecule has 0 aliphatic carbocycles. The van der Waals surface area contributed by atoms with Crippen LogP contribution in [-0.4, -0.2) is 15.0 Å². The lowest BCUT2D eigenvalue weighted by Crippen LogP contribution is -2.10. The van der Waals surface area contributed by atoms with Crippen LogP contribution in [0.5, 0.6) is 0 Å². The van der Waals surface area contributed by atoms with E-state index in [1.807, 2.05) is 13.8 Å². The average molecular weight is 298 g/mol. The molecule has 0 aromatic carbocycles. The van der Waals surface area contributed by atoms with Crippen LogP contribution in [0, 0.1) is 6.92 Å². The normalized spacial score (nSPS) is 12.4. The summed E-state index contributed by atoms with van der Waals surface area (Å²) in [7, 11) is 0. The number of nitrogens with zero attached hydrogens (tertiary/aromatic N) is 3. The van der Waals surface area contributed by atoms with Gasteiger partial charge in [-0.3, -0.25) is 0 Å². The topological polar surface area (TPSA) is 89.9 Å². The smallest absolute Gasteiger partial charge is 0.216 e. The predicted octanol–water partition coefficient (Wildman–Crippen LogP) is 2.29. The van der Waals surface area contributed by atoms with Gasteiger partial charge in [-0.1, -0.05) is 0 Å². The number of nitrogens with two attached hydrogens (primary N) is 1. The van der Waals surface area contributed by atoms with Crippen molar-refractivity contribution in [1.29, 1.82) is 0 Å². The summed E-state index contributed by atoms with van der Waals surface area (Å²) in [5.74, 6) is 2.38. The van der Waals surface area contributed by atoms with E-state index in [2.05, 4.69) is 36.2 Å². The van der Waals surface area contributed by atoms with Crippen molar-refractivity contribution in [2.75, 3.05) is 11.1 Å². The number of nitrogen functional groups attached to an aromatic ring is 1. The van der Waals surface area contributed by atoms with Crippen LogP contribution in [0.1, 0.15) is 24.6 Å². The van der Waals surface area contributed by atoms with Crippen molar-refractivity contribution in [3.8, 4) is 0 Å². The molecule has 2 aromatic heterocycles. The van der Waals surface area contributed by atoms with E-state index in [9.17, 15) is 0 Å². The van der Waals surface area contributed by atoms with Crippen molar-refractivity contribution < 1.29 is 4.42 Å². The van der Waals surface area contributed by atoms with Gasteiger partial charge in [0.2, 0.25) is 5.89 Å². The summed E-state index contributed by atoms with van der Waals surface area (Å²) in [4.78, 5) is 12.1. The SMILES string of the molecule is Cc1cnc(C(C)Nc2ncnc(N)c2Br)o1. The molecule has 0 radical (unpaired) electrons. The Morgan fingerprint density at radius 2 is 2.18 bits per heavy atom. The molecule has 7 heteroatoms. The zero-order valence-electron chi connectivity index (χ0n) is 9.44. The fourth-order valence-electron chi connectivity index (χ4n) is 1.32. The summed E-state index contributed by atoms with van der Waals surface area (Å²) in [5.41, 5.74) is 5.66. The number of rotatable bonds is 3. The summed E-state index contributed by atoms with van der Waals surface area (Å²) in [5, 5.41) is 3.15. The van der Waals surface area contributed by atoms with Gasteiger partial charge in [-0.05, 0) is 29.8 Å². The highest BCUT2D eigenvalue weighted by Gasteiger charge is 2.14. The van der Waals surface area contributed by atoms with Crippen LogP contribution in [0.3, 0.4) is 0 Å². The molecule has 1 unspecified atom stereocenters. The largest absolute Gasteiger partial charge is 0.444 e. The number of hydrogen-bond acceptors (Lipinski definition) is 6. The second-order valence-corrected chi connectivity index (χ2v) is 4.39. The molecular formula is C10H12BrN5O. The zero-order chi connectivity index (χ0) is 12.4. The maximum atomic E-state index is 5.66. The molecule has 17 heavy (non-hydrogen) atoms. The van der Waals surface area contributed by atoms with E-state index in [4.69, 9.17) is 10.2 Å². The van der Waals surface area contributed by atoms with Crippen molar-refractivity contribution in [2.24, 2.45) is 0 Å². The average Bonchev–Trinajstić information content (AvgIpc) is 2.72. The molecule has 2 rings (SSSR count). The highest BCUT2D eigenvalue weighted by atomic mass is 79.9. The first-order valence-corrected chi connectivity index (χ1v) is 5.82. The Kier molecular flexibility index (Phi) is 3.28. The molecule has 90 valence electrons. The molecular weight excluding hydrogens is 286 g/mol. The Morgan fingerprint density at radius 1 is 1.41 bits per heavy atom. The third kappa shape index (κ3) is 2.55. The first kappa shape index (κ1) is 11.8. The van der Waals surface area contributed by atoms with Crippen LogP contribution in [0.2, 0.25) is 0 Å². The first-order chi connectivity index (χ1) is 8.08. The van der Waals surface area contributed by atoms with Gasteiger partial charge < -0.3 is 15.5 Å². The standard InChI is InChI=1S/C10H12BrN5O/c1-5-3-13-10(17-5)6(2)16-9-7(11)8(12)14-4-15-9/h3-4,6H,1-2H3,(H3,12,14,15,16). The third-order valence-corrected chi connectivity index (χ3v) is 2.96. The number of halogens is 1. The van der Waals surface area contributed by atoms with Crippen molar-refractivity contribution in [3.63, 3.8) is 0 Å². The highest BCUT2D eigenvalue weighted by Crippen LogP contribution is 2.27. The molecule has 1 atom stereocenters. The highest BCUT2D eigenvalue weighted by molar-refractivity contribution is 9.10. The molecule has 0 amide bonds. The minimum absolute atomic E-state index is 0.103. The van der Waals surface area contributed by atoms with Gasteiger partial charge in [0.1, 0.15) is 34.2 Å². The van der Waals surface area contributed by atoms with Gasteiger partial charge in [0.05, 0.1) is 6.20 Å². The Bertz CT molecular complexity index is 527. The van der Waals surface area contributed by atoms with E-state index < -0.39 is 0 Å². The van der Waals surface area contributed by atoms with E-state index in [0.717, 1.165) is 5.76 Å². The fourth-order valence-corrected chi connectivity index (χ4v) is 1.64. The van der Waals surface area contributed by atoms with Crippen LogP contribution in [0.4, 0.5) is 11.6 Å². The molecule has 0 saturated heterocycles. The quantitative estimate of drug-likeness (QED) is 0.903. The maximum absolute atomic E-state index is 5.66. The Balaban J connectivity index is 2.18. The lowest BCUT2D eigenvalue weighted by atomic mass is 10.3. The lowest BCUT2D eigenvalue weighted by Gasteiger charge is -2.12. The second-order valence-electron chi connectivity index (χ2n) is 3.60. The van der Waals surface area contributed by atoms with Gasteiger partial charge in [0.25, 0.3) is 0 Å². The summed E-state index contributed by atoms with van der Waals surface area (Å²) in [6.45, 7) is 3.78. The summed E-state index contributed by atoms with van der Waals surface area (Å²) >= 11 is 3.32. The molecule has 0 fully saturated rings. The molecule has 0 bridgehead atoms. The Hall–Kier alpha value is -1.63. The van der Waals surface area contributed by atoms with E-state index in [0.29, 0.717) is 22.0 Å². The van der Waals surface area contributed by atoms with Gasteiger partial charge in [0, 0.05) is 0 Å². The number of aromatic nitrogens is 3. The van der Waals surface area contributed by atoms with E-state index in [1.54, 1.807) is 6.20 Å². The fraction of sp³-hybridized carbons (Fsp3) is 0.300. The van der Waals surface area contributed by atoms with Crippen LogP contribution >= 0.6 is 15.9 Å². The summed E-state index contributed by atoms with van der Waals surface area (Å²) in [6.07, 6.45) is 3.08. The number of nitrogens with one attached hydrogen (secondary N) is 1. The number of anilines is 2. The van der Waals surface area contributed by atoms with Gasteiger partial charge >= 0.3 is 0 Å². The monoisotopic (exact) mass is 297 g/mol. The molecule has 3 N–H and O–H groups in total. The molecule has 0 spiro atoms. The van der Waals surface area contributed by atoms with E-state index >= 15 is 0 Å². The summed E-state index contributed by atoms with van der Waals surface area (Å²) < 4.78 is 6.06. The minimum atomic E-state index is -0.103. The van der Waals surface area contributed by atoms with Gasteiger partial charge in [-0.15, -0.1) is 0 Å². The van der Waals surface area contributed by atoms with Crippen molar-refractivity contribution in [1.82, 2.24) is 15.0 Å². The van der Waals surface area contributed by atoms with Crippen molar-refractivity contribution in [3.05, 3.63) is 28.6 Å². The summed E-state index contributed by atoms with van der Waals surface area (Å²) in [6, 6.07) is -0.103. The maximum Gasteiger partial charge on any atom is 0.216 e. The van der Waals surface area contributed by atoms with Gasteiger partial charge in [-0.25, -0.2) is 15.0 Å². The van der Waals surface area contributed by atoms with Crippen molar-refractivity contribution in [2.45, 2.75) is 19.9 Å². The zero-order valence-corrected chi connectivity index (χ0v) is 11.0. The lowest BCUT2D eigenvalue weighted by molar-refractivity contribution is 0.453.